The molecule has 17 heavy (non-hydrogen) atoms. The monoisotopic (exact) mass is 302 g/mol. The van der Waals surface area contributed by atoms with Crippen molar-refractivity contribution in [2.75, 3.05) is 0 Å². The minimum absolute atomic E-state index is 0. The molecule has 0 unspecified atom stereocenters. The molecule has 0 aliphatic heterocycles. The molecule has 0 saturated carbocycles. The normalized spacial score (nSPS) is 10.6. The predicted octanol–water partition coefficient (Wildman–Crippen LogP) is -0.210. The van der Waals surface area contributed by atoms with Gasteiger partial charge in [0.25, 0.3) is 0 Å². The molecular weight excluding hydrogens is 294 g/mol. The molecule has 0 rings (SSSR count). The van der Waals surface area contributed by atoms with Gasteiger partial charge in [-0.05, 0) is 0 Å². The van der Waals surface area contributed by atoms with E-state index in [4.69, 9.17) is 0 Å². The maximum atomic E-state index is 9.75. The van der Waals surface area contributed by atoms with Crippen molar-refractivity contribution in [3.63, 3.8) is 0 Å². The van der Waals surface area contributed by atoms with Crippen LogP contribution in [0.3, 0.4) is 0 Å². The molecule has 0 atom stereocenters. The Hall–Kier alpha value is 0.420. The minimum atomic E-state index is -6.00. The van der Waals surface area contributed by atoms with Crippen LogP contribution >= 0.6 is 0 Å². The van der Waals surface area contributed by atoms with Gasteiger partial charge in [0, 0.05) is 0 Å². The van der Waals surface area contributed by atoms with Crippen molar-refractivity contribution in [3.05, 3.63) is 0 Å². The summed E-state index contributed by atoms with van der Waals surface area (Å²) in [6.45, 7) is 0. The van der Waals surface area contributed by atoms with Crippen LogP contribution in [-0.2, 0) is 0 Å². The van der Waals surface area contributed by atoms with Crippen LogP contribution in [0.1, 0.15) is 4.28 Å². The second-order valence-corrected chi connectivity index (χ2v) is 1.48. The molecule has 0 aromatic heterocycles. The molecule has 0 bridgehead atoms. The molecular formula is H7B4F12Na. The van der Waals surface area contributed by atoms with Crippen molar-refractivity contribution in [1.29, 1.82) is 0 Å². The van der Waals surface area contributed by atoms with Crippen LogP contribution in [0, 0.1) is 0 Å². The van der Waals surface area contributed by atoms with Crippen molar-refractivity contribution in [2.24, 2.45) is 0 Å². The molecule has 0 fully saturated rings. The molecule has 104 valence electrons. The van der Waals surface area contributed by atoms with Crippen LogP contribution in [0.25, 0.3) is 0 Å². The summed E-state index contributed by atoms with van der Waals surface area (Å²) < 4.78 is 117. The van der Waals surface area contributed by atoms with Gasteiger partial charge >= 0.3 is 55.6 Å². The van der Waals surface area contributed by atoms with E-state index in [1.165, 1.54) is 0 Å². The maximum Gasteiger partial charge on any atom is 1.00 e. The van der Waals surface area contributed by atoms with E-state index in [9.17, 15) is 51.8 Å². The SMILES string of the molecule is F[B-](F)(F)F.F[B-](F)(F)F.F[B-](F)(F)F.[BH4-].[H+].[H+].[H+].[Na+]. The first-order chi connectivity index (χ1) is 6.00. The van der Waals surface area contributed by atoms with E-state index in [1.807, 2.05) is 0 Å². The summed E-state index contributed by atoms with van der Waals surface area (Å²) in [6, 6.07) is 0. The third-order valence-corrected chi connectivity index (χ3v) is 0. The quantitative estimate of drug-likeness (QED) is 0.429. The minimum Gasteiger partial charge on any atom is -0.418 e. The third kappa shape index (κ3) is 19400. The van der Waals surface area contributed by atoms with Gasteiger partial charge in [0.15, 0.2) is 0 Å². The van der Waals surface area contributed by atoms with Gasteiger partial charge in [-0.3, -0.25) is 0 Å². The molecule has 0 aromatic rings. The second-order valence-electron chi connectivity index (χ2n) is 1.48. The molecule has 0 saturated heterocycles. The molecule has 0 aliphatic carbocycles. The van der Waals surface area contributed by atoms with Crippen LogP contribution in [0.2, 0.25) is 0 Å². The Bertz CT molecular complexity index is 106. The average Bonchev–Trinajstić information content (AvgIpc) is 1.41. The zero-order valence-corrected chi connectivity index (χ0v) is 9.27. The summed E-state index contributed by atoms with van der Waals surface area (Å²) in [5.74, 6) is 0. The molecule has 0 heterocycles. The Morgan fingerprint density at radius 1 is 0.412 bits per heavy atom. The van der Waals surface area contributed by atoms with Gasteiger partial charge < -0.3 is 51.8 Å². The number of hydrogen-bond acceptors (Lipinski definition) is 0. The third-order valence-electron chi connectivity index (χ3n) is 0. The molecule has 0 radical (unpaired) electrons. The first kappa shape index (κ1) is 30.4. The summed E-state index contributed by atoms with van der Waals surface area (Å²) in [6.07, 6.45) is 0. The molecule has 0 spiro atoms. The largest absolute Gasteiger partial charge is 1.00 e. The van der Waals surface area contributed by atoms with Crippen LogP contribution in [0.4, 0.5) is 51.8 Å². The van der Waals surface area contributed by atoms with Crippen molar-refractivity contribution in [2.45, 2.75) is 0 Å². The smallest absolute Gasteiger partial charge is 0.418 e. The fourth-order valence-corrected chi connectivity index (χ4v) is 0. The molecule has 17 heteroatoms. The molecule has 0 nitrogen and oxygen atoms in total. The fourth-order valence-electron chi connectivity index (χ4n) is 0. The zero-order chi connectivity index (χ0) is 13.5. The Morgan fingerprint density at radius 2 is 0.412 bits per heavy atom. The Labute approximate surface area is 116 Å². The van der Waals surface area contributed by atoms with E-state index in [0.717, 1.165) is 0 Å². The van der Waals surface area contributed by atoms with Gasteiger partial charge in [-0.25, -0.2) is 0 Å². The van der Waals surface area contributed by atoms with Crippen LogP contribution in [-0.4, -0.2) is 30.2 Å². The van der Waals surface area contributed by atoms with E-state index in [2.05, 4.69) is 0 Å². The van der Waals surface area contributed by atoms with Crippen molar-refractivity contribution in [1.82, 2.24) is 0 Å². The Kier molecular flexibility index (Phi) is 20.6. The van der Waals surface area contributed by atoms with Gasteiger partial charge in [-0.1, -0.05) is 8.41 Å². The standard InChI is InChI=1S/3BF4.BH4.Na/c3*2-1(3,4)5;;/h;;;1H4;/q4*-1;+1/p+3. The van der Waals surface area contributed by atoms with Gasteiger partial charge in [-0.15, -0.1) is 0 Å². The van der Waals surface area contributed by atoms with Crippen LogP contribution in [0.5, 0.6) is 0 Å². The fraction of sp³-hybridized carbons (Fsp3) is 0. The van der Waals surface area contributed by atoms with Gasteiger partial charge in [0.05, 0.1) is 0 Å². The maximum absolute atomic E-state index is 9.75. The average molecular weight is 301 g/mol. The summed E-state index contributed by atoms with van der Waals surface area (Å²) >= 11 is 0. The van der Waals surface area contributed by atoms with Gasteiger partial charge in [0.2, 0.25) is 0 Å². The van der Waals surface area contributed by atoms with E-state index < -0.39 is 21.8 Å². The number of halogens is 12. The van der Waals surface area contributed by atoms with Crippen molar-refractivity contribution < 1.29 is 85.6 Å². The summed E-state index contributed by atoms with van der Waals surface area (Å²) in [7, 11) is -18.0. The van der Waals surface area contributed by atoms with Crippen LogP contribution < -0.4 is 29.6 Å². The first-order valence-corrected chi connectivity index (χ1v) is 2.62. The molecule has 0 aliphatic rings. The number of hydrogen-bond donors (Lipinski definition) is 0. The second kappa shape index (κ2) is 11.5. The number of rotatable bonds is 0. The van der Waals surface area contributed by atoms with Gasteiger partial charge in [-0.2, -0.15) is 0 Å². The van der Waals surface area contributed by atoms with Gasteiger partial charge in [0.1, 0.15) is 0 Å². The van der Waals surface area contributed by atoms with E-state index in [0.29, 0.717) is 0 Å². The zero-order valence-electron chi connectivity index (χ0n) is 10.3. The van der Waals surface area contributed by atoms with E-state index in [-0.39, 0.29) is 42.3 Å². The molecule has 0 amide bonds. The topological polar surface area (TPSA) is 0 Å². The Morgan fingerprint density at radius 3 is 0.412 bits per heavy atom. The van der Waals surface area contributed by atoms with Crippen molar-refractivity contribution >= 4 is 30.2 Å². The molecule has 0 N–H and O–H groups in total. The predicted molar refractivity (Wildman–Crippen MR) is 45.2 cm³/mol. The van der Waals surface area contributed by atoms with E-state index >= 15 is 0 Å². The van der Waals surface area contributed by atoms with E-state index in [1.54, 1.807) is 0 Å². The summed E-state index contributed by atoms with van der Waals surface area (Å²) in [5, 5.41) is 0. The van der Waals surface area contributed by atoms with Crippen molar-refractivity contribution in [3.8, 4) is 0 Å². The van der Waals surface area contributed by atoms with Crippen LogP contribution in [0.15, 0.2) is 0 Å². The first-order valence-electron chi connectivity index (χ1n) is 2.62. The molecule has 0 aromatic carbocycles. The summed E-state index contributed by atoms with van der Waals surface area (Å²) in [4.78, 5) is 0. The summed E-state index contributed by atoms with van der Waals surface area (Å²) in [5.41, 5.74) is 0. The Balaban J connectivity index is -0.0000000160.